The summed E-state index contributed by atoms with van der Waals surface area (Å²) >= 11 is 0. The van der Waals surface area contributed by atoms with E-state index in [2.05, 4.69) is 10.3 Å². The number of aliphatic hydroxyl groups is 1. The first kappa shape index (κ1) is 14.9. The summed E-state index contributed by atoms with van der Waals surface area (Å²) in [4.78, 5) is 6.26. The summed E-state index contributed by atoms with van der Waals surface area (Å²) in [6.07, 6.45) is 0. The molecule has 0 saturated heterocycles. The van der Waals surface area contributed by atoms with E-state index in [0.29, 0.717) is 25.5 Å². The molecule has 1 aromatic rings. The van der Waals surface area contributed by atoms with Crippen LogP contribution in [0, 0.1) is 0 Å². The first-order chi connectivity index (χ1) is 8.43. The molecule has 1 atom stereocenters. The van der Waals surface area contributed by atoms with Crippen molar-refractivity contribution >= 4 is 0 Å². The van der Waals surface area contributed by atoms with Crippen molar-refractivity contribution in [3.63, 3.8) is 0 Å². The molecule has 0 aliphatic rings. The van der Waals surface area contributed by atoms with Gasteiger partial charge in [0.05, 0.1) is 18.4 Å². The predicted molar refractivity (Wildman–Crippen MR) is 71.7 cm³/mol. The van der Waals surface area contributed by atoms with Crippen LogP contribution in [-0.4, -0.2) is 54.9 Å². The van der Waals surface area contributed by atoms with Gasteiger partial charge in [0.15, 0.2) is 0 Å². The van der Waals surface area contributed by atoms with Crippen LogP contribution < -0.4 is 10.1 Å². The lowest BCUT2D eigenvalue weighted by atomic mass is 10.1. The van der Waals surface area contributed by atoms with Crippen LogP contribution in [0.2, 0.25) is 0 Å². The van der Waals surface area contributed by atoms with Gasteiger partial charge in [0.2, 0.25) is 5.88 Å². The average molecular weight is 253 g/mol. The summed E-state index contributed by atoms with van der Waals surface area (Å²) in [6.45, 7) is 3.56. The van der Waals surface area contributed by atoms with Gasteiger partial charge in [-0.05, 0) is 27.1 Å². The van der Waals surface area contributed by atoms with Crippen molar-refractivity contribution in [2.24, 2.45) is 0 Å². The van der Waals surface area contributed by atoms with Crippen LogP contribution in [0.5, 0.6) is 5.88 Å². The summed E-state index contributed by atoms with van der Waals surface area (Å²) in [5.74, 6) is 0.606. The fourth-order valence-corrected chi connectivity index (χ4v) is 1.87. The molecular weight excluding hydrogens is 230 g/mol. The van der Waals surface area contributed by atoms with Gasteiger partial charge in [-0.3, -0.25) is 0 Å². The highest BCUT2D eigenvalue weighted by Gasteiger charge is 2.20. The van der Waals surface area contributed by atoms with Gasteiger partial charge in [-0.25, -0.2) is 4.98 Å². The zero-order valence-corrected chi connectivity index (χ0v) is 11.6. The fraction of sp³-hybridized carbons (Fsp3) is 0.615. The molecule has 0 aliphatic carbocycles. The Morgan fingerprint density at radius 2 is 2.17 bits per heavy atom. The molecule has 1 rings (SSSR count). The molecule has 2 N–H and O–H groups in total. The summed E-state index contributed by atoms with van der Waals surface area (Å²) in [5.41, 5.74) is 0.150. The number of likely N-dealkylation sites (N-methyl/N-ethyl adjacent to an activating group) is 1. The number of pyridine rings is 1. The first-order valence-corrected chi connectivity index (χ1v) is 6.01. The molecule has 1 heterocycles. The Labute approximate surface area is 109 Å². The van der Waals surface area contributed by atoms with Crippen LogP contribution in [0.25, 0.3) is 0 Å². The molecule has 18 heavy (non-hydrogen) atoms. The molecule has 102 valence electrons. The van der Waals surface area contributed by atoms with E-state index >= 15 is 0 Å². The van der Waals surface area contributed by atoms with Crippen molar-refractivity contribution in [1.82, 2.24) is 15.2 Å². The minimum atomic E-state index is -0.748. The van der Waals surface area contributed by atoms with Gasteiger partial charge >= 0.3 is 0 Å². The second-order valence-corrected chi connectivity index (χ2v) is 5.01. The van der Waals surface area contributed by atoms with Crippen LogP contribution in [0.4, 0.5) is 0 Å². The monoisotopic (exact) mass is 253 g/mol. The predicted octanol–water partition coefficient (Wildman–Crippen LogP) is 0.492. The largest absolute Gasteiger partial charge is 0.481 e. The van der Waals surface area contributed by atoms with Crippen molar-refractivity contribution in [1.29, 1.82) is 0 Å². The highest BCUT2D eigenvalue weighted by Crippen LogP contribution is 2.07. The van der Waals surface area contributed by atoms with E-state index in [9.17, 15) is 5.11 Å². The van der Waals surface area contributed by atoms with E-state index in [-0.39, 0.29) is 0 Å². The Morgan fingerprint density at radius 1 is 1.44 bits per heavy atom. The van der Waals surface area contributed by atoms with Gasteiger partial charge in [0.1, 0.15) is 0 Å². The molecule has 0 radical (unpaired) electrons. The van der Waals surface area contributed by atoms with Crippen molar-refractivity contribution in [3.05, 3.63) is 23.9 Å². The molecule has 1 aromatic heterocycles. The van der Waals surface area contributed by atoms with Crippen molar-refractivity contribution in [2.45, 2.75) is 19.1 Å². The topological polar surface area (TPSA) is 57.6 Å². The van der Waals surface area contributed by atoms with E-state index in [1.165, 1.54) is 0 Å². The maximum atomic E-state index is 10.1. The molecule has 0 aliphatic heterocycles. The maximum Gasteiger partial charge on any atom is 0.213 e. The molecule has 1 unspecified atom stereocenters. The second-order valence-electron chi connectivity index (χ2n) is 5.01. The van der Waals surface area contributed by atoms with Crippen LogP contribution >= 0.6 is 0 Å². The highest BCUT2D eigenvalue weighted by molar-refractivity contribution is 5.15. The van der Waals surface area contributed by atoms with E-state index < -0.39 is 5.60 Å². The zero-order chi connectivity index (χ0) is 13.6. The van der Waals surface area contributed by atoms with Gasteiger partial charge < -0.3 is 20.1 Å². The summed E-state index contributed by atoms with van der Waals surface area (Å²) in [7, 11) is 5.48. The lowest BCUT2D eigenvalue weighted by Gasteiger charge is -2.27. The molecule has 0 saturated carbocycles. The molecule has 0 bridgehead atoms. The number of aromatic nitrogens is 1. The first-order valence-electron chi connectivity index (χ1n) is 6.01. The number of nitrogens with one attached hydrogen (secondary N) is 1. The van der Waals surface area contributed by atoms with E-state index in [1.807, 2.05) is 44.1 Å². The third-order valence-electron chi connectivity index (χ3n) is 2.46. The third kappa shape index (κ3) is 5.44. The lowest BCUT2D eigenvalue weighted by molar-refractivity contribution is 0.0335. The second kappa shape index (κ2) is 6.68. The summed E-state index contributed by atoms with van der Waals surface area (Å²) in [6, 6.07) is 5.64. The Hall–Kier alpha value is -1.17. The number of hydrogen-bond acceptors (Lipinski definition) is 5. The van der Waals surface area contributed by atoms with Gasteiger partial charge in [0.25, 0.3) is 0 Å². The van der Waals surface area contributed by atoms with Crippen molar-refractivity contribution < 1.29 is 9.84 Å². The average Bonchev–Trinajstić information content (AvgIpc) is 2.27. The van der Waals surface area contributed by atoms with Gasteiger partial charge in [-0.2, -0.15) is 0 Å². The number of rotatable bonds is 7. The summed E-state index contributed by atoms with van der Waals surface area (Å²) in [5, 5.41) is 13.3. The number of nitrogens with zero attached hydrogens (tertiary/aromatic N) is 2. The molecule has 5 nitrogen and oxygen atoms in total. The van der Waals surface area contributed by atoms with Crippen LogP contribution in [0.15, 0.2) is 18.2 Å². The lowest BCUT2D eigenvalue weighted by Crippen LogP contribution is -2.45. The SMILES string of the molecule is COc1cccc(CNCC(C)(O)CN(C)C)n1. The Morgan fingerprint density at radius 3 is 2.78 bits per heavy atom. The Bertz CT molecular complexity index is 367. The Balaban J connectivity index is 2.41. The van der Waals surface area contributed by atoms with Crippen molar-refractivity contribution in [3.8, 4) is 5.88 Å². The fourth-order valence-electron chi connectivity index (χ4n) is 1.87. The molecule has 0 aromatic carbocycles. The standard InChI is InChI=1S/C13H23N3O2/c1-13(17,10-16(2)3)9-14-8-11-6-5-7-12(15-11)18-4/h5-7,14,17H,8-10H2,1-4H3. The van der Waals surface area contributed by atoms with Crippen molar-refractivity contribution in [2.75, 3.05) is 34.3 Å². The molecular formula is C13H23N3O2. The van der Waals surface area contributed by atoms with Crippen LogP contribution in [0.3, 0.4) is 0 Å². The summed E-state index contributed by atoms with van der Waals surface area (Å²) < 4.78 is 5.06. The minimum Gasteiger partial charge on any atom is -0.481 e. The van der Waals surface area contributed by atoms with Crippen LogP contribution in [-0.2, 0) is 6.54 Å². The molecule has 5 heteroatoms. The number of methoxy groups -OCH3 is 1. The quantitative estimate of drug-likeness (QED) is 0.741. The smallest absolute Gasteiger partial charge is 0.213 e. The van der Waals surface area contributed by atoms with Crippen LogP contribution in [0.1, 0.15) is 12.6 Å². The molecule has 0 fully saturated rings. The number of ether oxygens (including phenoxy) is 1. The zero-order valence-electron chi connectivity index (χ0n) is 11.6. The third-order valence-corrected chi connectivity index (χ3v) is 2.46. The molecule has 0 spiro atoms. The maximum absolute atomic E-state index is 10.1. The highest BCUT2D eigenvalue weighted by atomic mass is 16.5. The normalized spacial score (nSPS) is 14.6. The van der Waals surface area contributed by atoms with Gasteiger partial charge in [-0.15, -0.1) is 0 Å². The van der Waals surface area contributed by atoms with Gasteiger partial charge in [-0.1, -0.05) is 6.07 Å². The van der Waals surface area contributed by atoms with E-state index in [0.717, 1.165) is 5.69 Å². The van der Waals surface area contributed by atoms with Gasteiger partial charge in [0, 0.05) is 25.7 Å². The molecule has 0 amide bonds. The Kier molecular flexibility index (Phi) is 5.53. The van der Waals surface area contributed by atoms with E-state index in [4.69, 9.17) is 4.74 Å². The minimum absolute atomic E-state index is 0.518. The van der Waals surface area contributed by atoms with E-state index in [1.54, 1.807) is 7.11 Å². The number of hydrogen-bond donors (Lipinski definition) is 2.